The highest BCUT2D eigenvalue weighted by Gasteiger charge is 2.25. The van der Waals surface area contributed by atoms with E-state index in [2.05, 4.69) is 48.5 Å². The van der Waals surface area contributed by atoms with Gasteiger partial charge in [0.15, 0.2) is 14.3 Å². The van der Waals surface area contributed by atoms with E-state index in [1.54, 1.807) is 18.2 Å². The molecular weight excluding hydrogens is 376 g/mol. The van der Waals surface area contributed by atoms with Crippen molar-refractivity contribution >= 4 is 40.5 Å². The summed E-state index contributed by atoms with van der Waals surface area (Å²) >= 11 is 0. The van der Waals surface area contributed by atoms with E-state index in [-0.39, 0.29) is 20.5 Å². The molecular formula is C22H15O3S2+. The average Bonchev–Trinajstić information content (AvgIpc) is 3.35. The Balaban J connectivity index is 1.70. The van der Waals surface area contributed by atoms with Gasteiger partial charge in [0.25, 0.3) is 0 Å². The predicted octanol–water partition coefficient (Wildman–Crippen LogP) is 6.16. The van der Waals surface area contributed by atoms with Gasteiger partial charge in [-0.3, -0.25) is 0 Å². The highest BCUT2D eigenvalue weighted by atomic mass is 32.2. The van der Waals surface area contributed by atoms with Crippen molar-refractivity contribution in [2.75, 3.05) is 0 Å². The van der Waals surface area contributed by atoms with E-state index in [1.807, 2.05) is 12.1 Å². The summed E-state index contributed by atoms with van der Waals surface area (Å²) in [6, 6.07) is 27.1. The molecule has 0 saturated heterocycles. The molecule has 2 heterocycles. The first-order valence-corrected chi connectivity index (χ1v) is 11.2. The van der Waals surface area contributed by atoms with Crippen molar-refractivity contribution in [2.24, 2.45) is 0 Å². The first-order chi connectivity index (χ1) is 13.2. The second-order valence-electron chi connectivity index (χ2n) is 6.21. The Bertz CT molecular complexity index is 1310. The maximum absolute atomic E-state index is 12.6. The van der Waals surface area contributed by atoms with Gasteiger partial charge in [-0.15, -0.1) is 0 Å². The fourth-order valence-electron chi connectivity index (χ4n) is 3.39. The van der Waals surface area contributed by atoms with Crippen molar-refractivity contribution in [2.45, 2.75) is 9.99 Å². The van der Waals surface area contributed by atoms with Crippen molar-refractivity contribution in [3.63, 3.8) is 0 Å². The monoisotopic (exact) mass is 391 g/mol. The molecule has 0 bridgehead atoms. The maximum atomic E-state index is 12.6. The van der Waals surface area contributed by atoms with Crippen LogP contribution in [0.4, 0.5) is 0 Å². The molecule has 5 rings (SSSR count). The highest BCUT2D eigenvalue weighted by Crippen LogP contribution is 2.48. The van der Waals surface area contributed by atoms with Crippen LogP contribution in [0.25, 0.3) is 25.1 Å². The Morgan fingerprint density at radius 2 is 1.26 bits per heavy atom. The van der Waals surface area contributed by atoms with E-state index in [9.17, 15) is 8.42 Å². The van der Waals surface area contributed by atoms with Crippen LogP contribution in [0, 0.1) is 0 Å². The molecule has 27 heavy (non-hydrogen) atoms. The lowest BCUT2D eigenvalue weighted by atomic mass is 10.2. The van der Waals surface area contributed by atoms with E-state index in [0.717, 1.165) is 4.90 Å². The minimum Gasteiger partial charge on any atom is -0.453 e. The maximum Gasteiger partial charge on any atom is 0.239 e. The Morgan fingerprint density at radius 1 is 0.667 bits per heavy atom. The number of rotatable bonds is 3. The lowest BCUT2D eigenvalue weighted by Gasteiger charge is -2.01. The van der Waals surface area contributed by atoms with E-state index >= 15 is 0 Å². The molecule has 0 fully saturated rings. The first kappa shape index (κ1) is 16.3. The molecule has 0 unspecified atom stereocenters. The number of sulfone groups is 1. The van der Waals surface area contributed by atoms with Gasteiger partial charge >= 0.3 is 0 Å². The minimum absolute atomic E-state index is 0.0331. The van der Waals surface area contributed by atoms with Crippen LogP contribution in [0.3, 0.4) is 0 Å². The Morgan fingerprint density at radius 3 is 1.81 bits per heavy atom. The van der Waals surface area contributed by atoms with Crippen LogP contribution >= 0.6 is 10.5 Å². The highest BCUT2D eigenvalue weighted by molar-refractivity contribution is 7.91. The van der Waals surface area contributed by atoms with Gasteiger partial charge in [-0.25, -0.2) is 8.42 Å². The second-order valence-corrected chi connectivity index (χ2v) is 10.0. The zero-order valence-corrected chi connectivity index (χ0v) is 15.8. The molecule has 5 heteroatoms. The van der Waals surface area contributed by atoms with Gasteiger partial charge < -0.3 is 4.42 Å². The summed E-state index contributed by atoms with van der Waals surface area (Å²) in [5, 5.41) is 2.47. The molecule has 132 valence electrons. The Kier molecular flexibility index (Phi) is 3.67. The summed E-state index contributed by atoms with van der Waals surface area (Å²) in [4.78, 5) is 1.34. The van der Waals surface area contributed by atoms with Gasteiger partial charge in [0.1, 0.15) is 0 Å². The van der Waals surface area contributed by atoms with Crippen molar-refractivity contribution < 1.29 is 12.8 Å². The van der Waals surface area contributed by atoms with E-state index < -0.39 is 9.84 Å². The number of hydrogen-bond donors (Lipinski definition) is 0. The first-order valence-electron chi connectivity index (χ1n) is 8.48. The molecule has 0 spiro atoms. The van der Waals surface area contributed by atoms with Gasteiger partial charge in [-0.05, 0) is 60.7 Å². The zero-order valence-electron chi connectivity index (χ0n) is 14.2. The second kappa shape index (κ2) is 6.08. The van der Waals surface area contributed by atoms with Crippen molar-refractivity contribution in [3.05, 3.63) is 91.2 Å². The molecule has 0 aliphatic heterocycles. The van der Waals surface area contributed by atoms with Gasteiger partial charge in [0.05, 0.1) is 11.2 Å². The van der Waals surface area contributed by atoms with Gasteiger partial charge in [-0.1, -0.05) is 24.3 Å². The summed E-state index contributed by atoms with van der Waals surface area (Å²) in [5.74, 6) is 0. The normalized spacial score (nSPS) is 12.0. The molecule has 0 N–H and O–H groups in total. The Labute approximate surface area is 159 Å². The topological polar surface area (TPSA) is 47.3 Å². The third kappa shape index (κ3) is 2.51. The van der Waals surface area contributed by atoms with Crippen molar-refractivity contribution in [1.29, 1.82) is 0 Å². The molecule has 0 amide bonds. The summed E-state index contributed by atoms with van der Waals surface area (Å²) in [6.07, 6.45) is 1.37. The molecule has 2 aromatic heterocycles. The molecule has 0 atom stereocenters. The van der Waals surface area contributed by atoms with Gasteiger partial charge in [0.2, 0.25) is 14.9 Å². The lowest BCUT2D eigenvalue weighted by Crippen LogP contribution is -1.99. The number of fused-ring (bicyclic) bond motifs is 3. The molecule has 3 nitrogen and oxygen atoms in total. The van der Waals surface area contributed by atoms with E-state index in [0.29, 0.717) is 0 Å². The molecule has 0 radical (unpaired) electrons. The standard InChI is InChI=1S/C22H15O3S2/c23-27(24,22-10-5-15-25-22)17-13-11-16(12-14-17)26-20-8-3-1-6-18(20)19-7-2-4-9-21(19)26/h1-15H/q+1. The van der Waals surface area contributed by atoms with Crippen LogP contribution in [-0.4, -0.2) is 8.42 Å². The van der Waals surface area contributed by atoms with Crippen LogP contribution in [0.1, 0.15) is 0 Å². The molecule has 3 aromatic carbocycles. The molecule has 0 saturated carbocycles. The summed E-state index contributed by atoms with van der Waals surface area (Å²) < 4.78 is 32.9. The van der Waals surface area contributed by atoms with Crippen LogP contribution in [-0.2, 0) is 9.84 Å². The summed E-state index contributed by atoms with van der Waals surface area (Å²) in [5.41, 5.74) is 0. The summed E-state index contributed by atoms with van der Waals surface area (Å²) in [6.45, 7) is 0. The number of furan rings is 1. The molecule has 0 aliphatic rings. The van der Waals surface area contributed by atoms with Crippen LogP contribution in [0.5, 0.6) is 0 Å². The third-order valence-corrected chi connectivity index (χ3v) is 8.62. The fraction of sp³-hybridized carbons (Fsp3) is 0. The number of hydrogen-bond acceptors (Lipinski definition) is 3. The smallest absolute Gasteiger partial charge is 0.239 e. The quantitative estimate of drug-likeness (QED) is 0.346. The van der Waals surface area contributed by atoms with Gasteiger partial charge in [0, 0.05) is 21.2 Å². The summed E-state index contributed by atoms with van der Waals surface area (Å²) in [7, 11) is -3.85. The van der Waals surface area contributed by atoms with Crippen LogP contribution in [0.15, 0.2) is 106 Å². The SMILES string of the molecule is O=S(=O)(c1ccc(-[s+]2c3ccccc3c3ccccc32)cc1)c1ccco1. The predicted molar refractivity (Wildman–Crippen MR) is 109 cm³/mol. The fourth-order valence-corrected chi connectivity index (χ4v) is 6.94. The average molecular weight is 391 g/mol. The van der Waals surface area contributed by atoms with E-state index in [1.165, 1.54) is 32.5 Å². The lowest BCUT2D eigenvalue weighted by molar-refractivity contribution is 0.450. The number of benzene rings is 3. The number of thiophene rings is 1. The van der Waals surface area contributed by atoms with Crippen LogP contribution < -0.4 is 0 Å². The van der Waals surface area contributed by atoms with Crippen molar-refractivity contribution in [1.82, 2.24) is 0 Å². The van der Waals surface area contributed by atoms with Crippen molar-refractivity contribution in [3.8, 4) is 4.90 Å². The zero-order chi connectivity index (χ0) is 18.4. The molecule has 0 aliphatic carbocycles. The Hall–Kier alpha value is -2.89. The van der Waals surface area contributed by atoms with Crippen LogP contribution in [0.2, 0.25) is 0 Å². The van der Waals surface area contributed by atoms with Gasteiger partial charge in [-0.2, -0.15) is 0 Å². The third-order valence-electron chi connectivity index (χ3n) is 4.63. The largest absolute Gasteiger partial charge is 0.453 e. The van der Waals surface area contributed by atoms with E-state index in [4.69, 9.17) is 4.42 Å². The minimum atomic E-state index is -3.62. The molecule has 5 aromatic rings.